The zero-order valence-corrected chi connectivity index (χ0v) is 15.6. The molecule has 0 aliphatic carbocycles. The van der Waals surface area contributed by atoms with E-state index in [9.17, 15) is 14.9 Å². The number of halogens is 1. The van der Waals surface area contributed by atoms with E-state index in [1.54, 1.807) is 29.2 Å². The lowest BCUT2D eigenvalue weighted by molar-refractivity contribution is -0.686. The third kappa shape index (κ3) is 4.37. The lowest BCUT2D eigenvalue weighted by Gasteiger charge is -2.02. The van der Waals surface area contributed by atoms with Crippen molar-refractivity contribution in [3.8, 4) is 11.3 Å². The molecule has 6 nitrogen and oxygen atoms in total. The number of hydrogen-bond donors (Lipinski definition) is 0. The van der Waals surface area contributed by atoms with Crippen LogP contribution in [0.4, 0.5) is 5.69 Å². The standard InChI is InChI=1S/C19H16N3O3.BrH/c1-14-5-4-6-15(11-14)17-9-10-21(13-20-17)12-19(23)16-7-2-3-8-18(16)22(24)25;/h2-11,13H,12H2,1H3;1H/q+1;/p-1. The summed E-state index contributed by atoms with van der Waals surface area (Å²) in [6.07, 6.45) is 3.31. The minimum Gasteiger partial charge on any atom is -1.00 e. The van der Waals surface area contributed by atoms with Crippen LogP contribution < -0.4 is 21.5 Å². The number of Topliss-reactive ketones (excluding diaryl/α,β-unsaturated/α-hetero) is 1. The van der Waals surface area contributed by atoms with Gasteiger partial charge in [0.2, 0.25) is 5.78 Å². The van der Waals surface area contributed by atoms with Crippen LogP contribution in [-0.2, 0) is 6.54 Å². The Balaban J connectivity index is 0.00000243. The van der Waals surface area contributed by atoms with Crippen molar-refractivity contribution in [3.63, 3.8) is 0 Å². The molecule has 0 saturated carbocycles. The largest absolute Gasteiger partial charge is 1.00 e. The van der Waals surface area contributed by atoms with E-state index in [2.05, 4.69) is 4.98 Å². The van der Waals surface area contributed by atoms with Gasteiger partial charge in [0.25, 0.3) is 12.0 Å². The maximum Gasteiger partial charge on any atom is 0.287 e. The van der Waals surface area contributed by atoms with Crippen LogP contribution in [0.15, 0.2) is 67.1 Å². The summed E-state index contributed by atoms with van der Waals surface area (Å²) in [6, 6.07) is 15.8. The van der Waals surface area contributed by atoms with Gasteiger partial charge < -0.3 is 17.0 Å². The summed E-state index contributed by atoms with van der Waals surface area (Å²) >= 11 is 0. The van der Waals surface area contributed by atoms with Crippen molar-refractivity contribution in [2.75, 3.05) is 0 Å². The monoisotopic (exact) mass is 413 g/mol. The zero-order valence-electron chi connectivity index (χ0n) is 14.0. The summed E-state index contributed by atoms with van der Waals surface area (Å²) < 4.78 is 1.61. The average molecular weight is 414 g/mol. The Morgan fingerprint density at radius 2 is 1.92 bits per heavy atom. The van der Waals surface area contributed by atoms with E-state index in [0.717, 1.165) is 16.8 Å². The van der Waals surface area contributed by atoms with Gasteiger partial charge in [0.1, 0.15) is 0 Å². The van der Waals surface area contributed by atoms with E-state index in [0.29, 0.717) is 0 Å². The van der Waals surface area contributed by atoms with Gasteiger partial charge in [0.15, 0.2) is 12.2 Å². The summed E-state index contributed by atoms with van der Waals surface area (Å²) in [5, 5.41) is 11.0. The summed E-state index contributed by atoms with van der Waals surface area (Å²) in [4.78, 5) is 27.3. The predicted molar refractivity (Wildman–Crippen MR) is 92.0 cm³/mol. The molecule has 0 atom stereocenters. The Morgan fingerprint density at radius 1 is 1.15 bits per heavy atom. The molecular formula is C19H16BrN3O3. The van der Waals surface area contributed by atoms with Crippen molar-refractivity contribution < 1.29 is 31.3 Å². The number of ketones is 1. The molecule has 0 saturated heterocycles. The van der Waals surface area contributed by atoms with Gasteiger partial charge in [-0.2, -0.15) is 0 Å². The van der Waals surface area contributed by atoms with Crippen LogP contribution in [0.5, 0.6) is 0 Å². The minimum atomic E-state index is -0.545. The number of para-hydroxylation sites is 1. The number of carbonyl (C=O) groups excluding carboxylic acids is 1. The molecule has 0 amide bonds. The molecule has 0 aliphatic rings. The first-order chi connectivity index (χ1) is 12.0. The van der Waals surface area contributed by atoms with Crippen molar-refractivity contribution in [1.29, 1.82) is 0 Å². The Hall–Kier alpha value is -2.93. The number of aryl methyl sites for hydroxylation is 1. The number of nitro groups is 1. The van der Waals surface area contributed by atoms with Gasteiger partial charge in [-0.05, 0) is 24.0 Å². The number of carbonyl (C=O) groups is 1. The summed E-state index contributed by atoms with van der Waals surface area (Å²) in [5.41, 5.74) is 2.86. The van der Waals surface area contributed by atoms with Crippen LogP contribution in [0.25, 0.3) is 11.3 Å². The molecule has 0 fully saturated rings. The van der Waals surface area contributed by atoms with Crippen LogP contribution >= 0.6 is 0 Å². The van der Waals surface area contributed by atoms with Gasteiger partial charge in [-0.25, -0.2) is 4.57 Å². The summed E-state index contributed by atoms with van der Waals surface area (Å²) in [5.74, 6) is -0.331. The van der Waals surface area contributed by atoms with E-state index >= 15 is 0 Å². The molecular weight excluding hydrogens is 398 g/mol. The highest BCUT2D eigenvalue weighted by atomic mass is 79.9. The van der Waals surface area contributed by atoms with Gasteiger partial charge in [-0.15, -0.1) is 0 Å². The maximum absolute atomic E-state index is 12.4. The Bertz CT molecular complexity index is 943. The normalized spacial score (nSPS) is 10.0. The van der Waals surface area contributed by atoms with Crippen molar-refractivity contribution >= 4 is 11.5 Å². The first kappa shape index (κ1) is 19.4. The average Bonchev–Trinajstić information content (AvgIpc) is 2.62. The van der Waals surface area contributed by atoms with Crippen LogP contribution in [0, 0.1) is 17.0 Å². The molecule has 3 aromatic rings. The number of aromatic nitrogens is 2. The molecule has 0 radical (unpaired) electrons. The molecule has 26 heavy (non-hydrogen) atoms. The third-order valence-corrected chi connectivity index (χ3v) is 3.81. The molecule has 2 aromatic carbocycles. The van der Waals surface area contributed by atoms with Crippen LogP contribution in [0.3, 0.4) is 0 Å². The number of hydrogen-bond acceptors (Lipinski definition) is 4. The third-order valence-electron chi connectivity index (χ3n) is 3.81. The molecule has 0 bridgehead atoms. The zero-order chi connectivity index (χ0) is 17.8. The highest BCUT2D eigenvalue weighted by Gasteiger charge is 2.21. The number of nitro benzene ring substituents is 1. The van der Waals surface area contributed by atoms with Crippen molar-refractivity contribution in [2.45, 2.75) is 13.5 Å². The molecule has 0 unspecified atom stereocenters. The Kier molecular flexibility index (Phi) is 6.30. The van der Waals surface area contributed by atoms with Crippen molar-refractivity contribution in [2.24, 2.45) is 0 Å². The van der Waals surface area contributed by atoms with E-state index in [1.165, 1.54) is 12.1 Å². The van der Waals surface area contributed by atoms with Gasteiger partial charge in [0.05, 0.1) is 16.7 Å². The number of rotatable bonds is 5. The molecule has 0 N–H and O–H groups in total. The van der Waals surface area contributed by atoms with Crippen molar-refractivity contribution in [3.05, 3.63) is 88.4 Å². The molecule has 0 aliphatic heterocycles. The molecule has 0 spiro atoms. The Labute approximate surface area is 161 Å². The second-order valence-electron chi connectivity index (χ2n) is 5.68. The second kappa shape index (κ2) is 8.44. The van der Waals surface area contributed by atoms with Gasteiger partial charge in [-0.3, -0.25) is 14.9 Å². The highest BCUT2D eigenvalue weighted by Crippen LogP contribution is 2.18. The van der Waals surface area contributed by atoms with Crippen LogP contribution in [-0.4, -0.2) is 15.7 Å². The maximum atomic E-state index is 12.4. The Morgan fingerprint density at radius 3 is 2.58 bits per heavy atom. The van der Waals surface area contributed by atoms with Crippen LogP contribution in [0.2, 0.25) is 0 Å². The van der Waals surface area contributed by atoms with E-state index in [-0.39, 0.29) is 40.6 Å². The van der Waals surface area contributed by atoms with Crippen LogP contribution in [0.1, 0.15) is 15.9 Å². The van der Waals surface area contributed by atoms with Gasteiger partial charge in [-0.1, -0.05) is 35.9 Å². The predicted octanol–water partition coefficient (Wildman–Crippen LogP) is 0.140. The quantitative estimate of drug-likeness (QED) is 0.258. The van der Waals surface area contributed by atoms with E-state index in [4.69, 9.17) is 0 Å². The second-order valence-corrected chi connectivity index (χ2v) is 5.68. The lowest BCUT2D eigenvalue weighted by atomic mass is 10.1. The first-order valence-electron chi connectivity index (χ1n) is 7.73. The summed E-state index contributed by atoms with van der Waals surface area (Å²) in [7, 11) is 0. The highest BCUT2D eigenvalue weighted by molar-refractivity contribution is 5.98. The van der Waals surface area contributed by atoms with E-state index in [1.807, 2.05) is 37.3 Å². The molecule has 132 valence electrons. The molecule has 1 heterocycles. The SMILES string of the molecule is Cc1cccc(-c2cc[n+](CC(=O)c3ccccc3[N+](=O)[O-])cn2)c1.[Br-]. The molecule has 7 heteroatoms. The minimum absolute atomic E-state index is 0. The first-order valence-corrected chi connectivity index (χ1v) is 7.73. The van der Waals surface area contributed by atoms with Crippen molar-refractivity contribution in [1.82, 2.24) is 4.98 Å². The smallest absolute Gasteiger partial charge is 0.287 e. The number of benzene rings is 2. The topological polar surface area (TPSA) is 77.0 Å². The number of nitrogens with zero attached hydrogens (tertiary/aromatic N) is 3. The fourth-order valence-corrected chi connectivity index (χ4v) is 2.57. The molecule has 1 aromatic heterocycles. The fraction of sp³-hybridized carbons (Fsp3) is 0.105. The summed E-state index contributed by atoms with van der Waals surface area (Å²) in [6.45, 7) is 2.00. The lowest BCUT2D eigenvalue weighted by Crippen LogP contribution is -3.00. The molecule has 3 rings (SSSR count). The van der Waals surface area contributed by atoms with Gasteiger partial charge >= 0.3 is 0 Å². The van der Waals surface area contributed by atoms with E-state index < -0.39 is 4.92 Å². The van der Waals surface area contributed by atoms with Gasteiger partial charge in [0, 0.05) is 17.7 Å². The fourth-order valence-electron chi connectivity index (χ4n) is 2.57.